The minimum atomic E-state index is -0.517. The van der Waals surface area contributed by atoms with Gasteiger partial charge in [-0.25, -0.2) is 8.78 Å². The molecule has 4 rings (SSSR count). The molecule has 1 N–H and O–H groups in total. The monoisotopic (exact) mass is 449 g/mol. The second-order valence-electron chi connectivity index (χ2n) is 8.70. The first kappa shape index (κ1) is 23.1. The van der Waals surface area contributed by atoms with Crippen molar-refractivity contribution in [1.29, 1.82) is 0 Å². The topological polar surface area (TPSA) is 35.6 Å². The Bertz CT molecular complexity index is 1120. The fourth-order valence-electron chi connectivity index (χ4n) is 4.12. The van der Waals surface area contributed by atoms with Crippen LogP contribution in [-0.4, -0.2) is 55.5 Å². The van der Waals surface area contributed by atoms with Crippen molar-refractivity contribution in [3.05, 3.63) is 89.0 Å². The molecule has 1 amide bonds. The van der Waals surface area contributed by atoms with Crippen molar-refractivity contribution in [2.24, 2.45) is 0 Å². The Hall–Kier alpha value is -3.09. The van der Waals surface area contributed by atoms with Crippen LogP contribution in [-0.2, 0) is 6.42 Å². The summed E-state index contributed by atoms with van der Waals surface area (Å²) in [6.45, 7) is 7.17. The van der Waals surface area contributed by atoms with Gasteiger partial charge in [0.1, 0.15) is 11.6 Å². The molecular formula is C27H29F2N3O. The Morgan fingerprint density at radius 2 is 1.61 bits per heavy atom. The molecule has 0 aliphatic carbocycles. The number of aryl methyl sites for hydroxylation is 1. The smallest absolute Gasteiger partial charge is 0.255 e. The third kappa shape index (κ3) is 5.83. The first-order valence-corrected chi connectivity index (χ1v) is 11.3. The van der Waals surface area contributed by atoms with Gasteiger partial charge in [-0.05, 0) is 73.5 Å². The largest absolute Gasteiger partial charge is 0.322 e. The summed E-state index contributed by atoms with van der Waals surface area (Å²) in [6.07, 6.45) is 0.966. The van der Waals surface area contributed by atoms with Gasteiger partial charge >= 0.3 is 0 Å². The zero-order chi connectivity index (χ0) is 23.4. The minimum absolute atomic E-state index is 0.232. The Morgan fingerprint density at radius 3 is 2.27 bits per heavy atom. The molecule has 0 atom stereocenters. The van der Waals surface area contributed by atoms with E-state index in [0.717, 1.165) is 39.1 Å². The standard InChI is InChI=1S/C27H29F2N3O/c1-19-17-22(28)6-10-24(19)25-9-5-21(18-26(25)29)27(33)30-23-7-3-20(4-8-23)11-12-32-15-13-31(2)14-16-32/h3-10,17-18H,11-16H2,1-2H3,(H,30,33). The van der Waals surface area contributed by atoms with Crippen molar-refractivity contribution in [3.63, 3.8) is 0 Å². The van der Waals surface area contributed by atoms with E-state index < -0.39 is 5.82 Å². The summed E-state index contributed by atoms with van der Waals surface area (Å²) in [5, 5.41) is 2.83. The van der Waals surface area contributed by atoms with Gasteiger partial charge in [-0.3, -0.25) is 4.79 Å². The molecule has 0 unspecified atom stereocenters. The Labute approximate surface area is 193 Å². The number of hydrogen-bond donors (Lipinski definition) is 1. The Morgan fingerprint density at radius 1 is 0.909 bits per heavy atom. The van der Waals surface area contributed by atoms with E-state index in [4.69, 9.17) is 0 Å². The zero-order valence-electron chi connectivity index (χ0n) is 19.1. The third-order valence-corrected chi connectivity index (χ3v) is 6.23. The molecule has 1 saturated heterocycles. The van der Waals surface area contributed by atoms with E-state index >= 15 is 0 Å². The molecule has 4 nitrogen and oxygen atoms in total. The molecule has 1 aliphatic heterocycles. The summed E-state index contributed by atoms with van der Waals surface area (Å²) in [5.41, 5.74) is 3.70. The fraction of sp³-hybridized carbons (Fsp3) is 0.296. The van der Waals surface area contributed by atoms with E-state index in [1.54, 1.807) is 25.1 Å². The number of amides is 1. The van der Waals surface area contributed by atoms with E-state index in [1.807, 2.05) is 24.3 Å². The van der Waals surface area contributed by atoms with Crippen LogP contribution in [0.1, 0.15) is 21.5 Å². The lowest BCUT2D eigenvalue weighted by Crippen LogP contribution is -2.45. The average Bonchev–Trinajstić information content (AvgIpc) is 2.80. The summed E-state index contributed by atoms with van der Waals surface area (Å²) < 4.78 is 28.1. The van der Waals surface area contributed by atoms with Crippen LogP contribution in [0, 0.1) is 18.6 Å². The second-order valence-corrected chi connectivity index (χ2v) is 8.70. The highest BCUT2D eigenvalue weighted by atomic mass is 19.1. The molecule has 3 aromatic rings. The maximum absolute atomic E-state index is 14.7. The van der Waals surface area contributed by atoms with Crippen LogP contribution in [0.5, 0.6) is 0 Å². The molecule has 0 bridgehead atoms. The van der Waals surface area contributed by atoms with Crippen LogP contribution >= 0.6 is 0 Å². The molecule has 1 heterocycles. The summed E-state index contributed by atoms with van der Waals surface area (Å²) in [6, 6.07) is 16.4. The van der Waals surface area contributed by atoms with E-state index in [2.05, 4.69) is 22.2 Å². The third-order valence-electron chi connectivity index (χ3n) is 6.23. The van der Waals surface area contributed by atoms with Gasteiger partial charge in [-0.2, -0.15) is 0 Å². The SMILES string of the molecule is Cc1cc(F)ccc1-c1ccc(C(=O)Nc2ccc(CCN3CCN(C)CC3)cc2)cc1F. The highest BCUT2D eigenvalue weighted by molar-refractivity contribution is 6.04. The molecule has 172 valence electrons. The highest BCUT2D eigenvalue weighted by Crippen LogP contribution is 2.27. The van der Waals surface area contributed by atoms with E-state index in [0.29, 0.717) is 22.4 Å². The number of likely N-dealkylation sites (N-methyl/N-ethyl adjacent to an activating group) is 1. The van der Waals surface area contributed by atoms with Crippen LogP contribution < -0.4 is 5.32 Å². The summed E-state index contributed by atoms with van der Waals surface area (Å²) in [7, 11) is 2.15. The first-order valence-electron chi connectivity index (χ1n) is 11.3. The van der Waals surface area contributed by atoms with E-state index in [1.165, 1.54) is 23.8 Å². The molecule has 6 heteroatoms. The fourth-order valence-corrected chi connectivity index (χ4v) is 4.12. The number of nitrogens with zero attached hydrogens (tertiary/aromatic N) is 2. The van der Waals surface area contributed by atoms with Crippen molar-refractivity contribution >= 4 is 11.6 Å². The molecule has 33 heavy (non-hydrogen) atoms. The predicted molar refractivity (Wildman–Crippen MR) is 129 cm³/mol. The lowest BCUT2D eigenvalue weighted by Gasteiger charge is -2.32. The predicted octanol–water partition coefficient (Wildman–Crippen LogP) is 4.98. The van der Waals surface area contributed by atoms with Crippen LogP contribution in [0.4, 0.5) is 14.5 Å². The number of piperazine rings is 1. The van der Waals surface area contributed by atoms with Crippen molar-refractivity contribution in [1.82, 2.24) is 9.80 Å². The van der Waals surface area contributed by atoms with Crippen molar-refractivity contribution < 1.29 is 13.6 Å². The van der Waals surface area contributed by atoms with E-state index in [-0.39, 0.29) is 17.3 Å². The van der Waals surface area contributed by atoms with Gasteiger partial charge in [0.15, 0.2) is 0 Å². The van der Waals surface area contributed by atoms with Gasteiger partial charge < -0.3 is 15.1 Å². The summed E-state index contributed by atoms with van der Waals surface area (Å²) in [4.78, 5) is 17.4. The number of benzene rings is 3. The van der Waals surface area contributed by atoms with Crippen LogP contribution in [0.25, 0.3) is 11.1 Å². The van der Waals surface area contributed by atoms with Gasteiger partial charge in [0, 0.05) is 49.5 Å². The van der Waals surface area contributed by atoms with Gasteiger partial charge in [-0.1, -0.05) is 24.3 Å². The van der Waals surface area contributed by atoms with Crippen LogP contribution in [0.15, 0.2) is 60.7 Å². The second kappa shape index (κ2) is 10.2. The minimum Gasteiger partial charge on any atom is -0.322 e. The van der Waals surface area contributed by atoms with Gasteiger partial charge in [-0.15, -0.1) is 0 Å². The Balaban J connectivity index is 1.36. The van der Waals surface area contributed by atoms with Crippen molar-refractivity contribution in [2.75, 3.05) is 45.1 Å². The molecule has 1 aliphatic rings. The van der Waals surface area contributed by atoms with Gasteiger partial charge in [0.25, 0.3) is 5.91 Å². The van der Waals surface area contributed by atoms with Crippen molar-refractivity contribution in [2.45, 2.75) is 13.3 Å². The number of nitrogens with one attached hydrogen (secondary N) is 1. The molecule has 1 fully saturated rings. The van der Waals surface area contributed by atoms with Crippen LogP contribution in [0.2, 0.25) is 0 Å². The van der Waals surface area contributed by atoms with Crippen molar-refractivity contribution in [3.8, 4) is 11.1 Å². The number of halogens is 2. The maximum Gasteiger partial charge on any atom is 0.255 e. The quantitative estimate of drug-likeness (QED) is 0.576. The molecular weight excluding hydrogens is 420 g/mol. The highest BCUT2D eigenvalue weighted by Gasteiger charge is 2.15. The lowest BCUT2D eigenvalue weighted by atomic mass is 9.98. The maximum atomic E-state index is 14.7. The molecule has 0 spiro atoms. The molecule has 0 aromatic heterocycles. The summed E-state index contributed by atoms with van der Waals surface area (Å²) in [5.74, 6) is -1.25. The normalized spacial score (nSPS) is 14.9. The van der Waals surface area contributed by atoms with Crippen LogP contribution in [0.3, 0.4) is 0 Å². The van der Waals surface area contributed by atoms with Gasteiger partial charge in [0.2, 0.25) is 0 Å². The summed E-state index contributed by atoms with van der Waals surface area (Å²) >= 11 is 0. The number of carbonyl (C=O) groups excluding carboxylic acids is 1. The zero-order valence-corrected chi connectivity index (χ0v) is 19.1. The van der Waals surface area contributed by atoms with Gasteiger partial charge in [0.05, 0.1) is 0 Å². The van der Waals surface area contributed by atoms with E-state index in [9.17, 15) is 13.6 Å². The number of carbonyl (C=O) groups is 1. The average molecular weight is 450 g/mol. The Kier molecular flexibility index (Phi) is 7.16. The molecule has 3 aromatic carbocycles. The molecule has 0 saturated carbocycles. The lowest BCUT2D eigenvalue weighted by molar-refractivity contribution is 0.102. The number of anilines is 1. The first-order chi connectivity index (χ1) is 15.9. The number of rotatable bonds is 6. The molecule has 0 radical (unpaired) electrons. The number of hydrogen-bond acceptors (Lipinski definition) is 3.